The van der Waals surface area contributed by atoms with Crippen molar-refractivity contribution in [1.82, 2.24) is 0 Å². The van der Waals surface area contributed by atoms with E-state index in [9.17, 15) is 9.90 Å². The minimum absolute atomic E-state index is 0.239. The lowest BCUT2D eigenvalue weighted by molar-refractivity contribution is -0.137. The zero-order valence-corrected chi connectivity index (χ0v) is 19.6. The molecule has 8 atom stereocenters. The number of carbonyl (C=O) groups is 1. The monoisotopic (exact) mass is 418 g/mol. The largest absolute Gasteiger partial charge is 0.463 e. The van der Waals surface area contributed by atoms with Crippen LogP contribution in [0.25, 0.3) is 0 Å². The lowest BCUT2D eigenvalue weighted by Crippen LogP contribution is -2.51. The number of esters is 1. The molecule has 1 N–H and O–H groups in total. The highest BCUT2D eigenvalue weighted by molar-refractivity contribution is 5.81. The molecule has 4 nitrogen and oxygen atoms in total. The third-order valence-electron chi connectivity index (χ3n) is 8.74. The van der Waals surface area contributed by atoms with Crippen LogP contribution in [0.2, 0.25) is 0 Å². The molecule has 3 saturated carbocycles. The predicted molar refractivity (Wildman–Crippen MR) is 120 cm³/mol. The molecule has 0 saturated heterocycles. The highest BCUT2D eigenvalue weighted by Gasteiger charge is 2.58. The van der Waals surface area contributed by atoms with E-state index in [4.69, 9.17) is 9.47 Å². The Hall–Kier alpha value is -1.13. The SMILES string of the molecule is CCOC(=O)/C=C/[C@@H](C)C1CCC2C3C(CC[C@@]21C)C/C(=C\COC)[C@H](CC)[C@H]3O. The van der Waals surface area contributed by atoms with Crippen LogP contribution in [-0.2, 0) is 14.3 Å². The number of aliphatic hydroxyl groups is 1. The van der Waals surface area contributed by atoms with Gasteiger partial charge in [-0.25, -0.2) is 4.79 Å². The summed E-state index contributed by atoms with van der Waals surface area (Å²) in [6.07, 6.45) is 12.6. The van der Waals surface area contributed by atoms with Gasteiger partial charge in [-0.1, -0.05) is 38.5 Å². The highest BCUT2D eigenvalue weighted by Crippen LogP contribution is 2.64. The molecule has 3 rings (SSSR count). The second-order valence-corrected chi connectivity index (χ2v) is 10.1. The third-order valence-corrected chi connectivity index (χ3v) is 8.74. The van der Waals surface area contributed by atoms with Crippen LogP contribution in [0.1, 0.15) is 66.2 Å². The van der Waals surface area contributed by atoms with Gasteiger partial charge in [0.25, 0.3) is 0 Å². The number of carbonyl (C=O) groups excluding carboxylic acids is 1. The molecule has 3 aliphatic rings. The number of hydrogen-bond donors (Lipinski definition) is 1. The lowest BCUT2D eigenvalue weighted by atomic mass is 9.51. The minimum atomic E-state index is -0.245. The first-order chi connectivity index (χ1) is 14.4. The maximum atomic E-state index is 11.8. The summed E-state index contributed by atoms with van der Waals surface area (Å²) in [5, 5.41) is 11.5. The molecule has 4 unspecified atom stereocenters. The molecule has 0 bridgehead atoms. The van der Waals surface area contributed by atoms with Crippen LogP contribution >= 0.6 is 0 Å². The van der Waals surface area contributed by atoms with Crippen LogP contribution in [0.3, 0.4) is 0 Å². The number of aliphatic hydroxyl groups excluding tert-OH is 1. The predicted octanol–water partition coefficient (Wildman–Crippen LogP) is 5.16. The van der Waals surface area contributed by atoms with Gasteiger partial charge in [0.15, 0.2) is 0 Å². The number of rotatable bonds is 7. The molecule has 0 radical (unpaired) electrons. The average Bonchev–Trinajstić information content (AvgIpc) is 3.07. The van der Waals surface area contributed by atoms with Crippen molar-refractivity contribution in [1.29, 1.82) is 0 Å². The highest BCUT2D eigenvalue weighted by atomic mass is 16.5. The minimum Gasteiger partial charge on any atom is -0.463 e. The van der Waals surface area contributed by atoms with Crippen molar-refractivity contribution in [2.75, 3.05) is 20.3 Å². The summed E-state index contributed by atoms with van der Waals surface area (Å²) < 4.78 is 10.4. The Morgan fingerprint density at radius 3 is 2.73 bits per heavy atom. The standard InChI is InChI=1S/C26H42O4/c1-6-20-18(13-15-29-5)16-19-12-14-26(4)21(9-10-22(26)24(19)25(20)28)17(3)8-11-23(27)30-7-2/h8,11,13,17,19-22,24-25,28H,6-7,9-10,12,14-16H2,1-5H3/b11-8+,18-13+/t17-,19?,20+,21?,22?,24?,25-,26-/m1/s1. The van der Waals surface area contributed by atoms with Gasteiger partial charge in [0, 0.05) is 19.1 Å². The maximum absolute atomic E-state index is 11.8. The van der Waals surface area contributed by atoms with Crippen LogP contribution in [0.5, 0.6) is 0 Å². The first kappa shape index (κ1) is 23.5. The number of methoxy groups -OCH3 is 1. The molecule has 3 fully saturated rings. The van der Waals surface area contributed by atoms with Crippen LogP contribution in [-0.4, -0.2) is 37.5 Å². The van der Waals surface area contributed by atoms with E-state index in [1.165, 1.54) is 31.3 Å². The zero-order valence-electron chi connectivity index (χ0n) is 19.6. The van der Waals surface area contributed by atoms with Gasteiger partial charge in [-0.2, -0.15) is 0 Å². The Morgan fingerprint density at radius 2 is 2.07 bits per heavy atom. The summed E-state index contributed by atoms with van der Waals surface area (Å²) in [5.41, 5.74) is 1.66. The van der Waals surface area contributed by atoms with Gasteiger partial charge >= 0.3 is 5.97 Å². The Bertz CT molecular complexity index is 653. The van der Waals surface area contributed by atoms with Crippen LogP contribution < -0.4 is 0 Å². The van der Waals surface area contributed by atoms with Crippen LogP contribution in [0, 0.1) is 40.9 Å². The molecule has 0 aliphatic heterocycles. The molecular weight excluding hydrogens is 376 g/mol. The summed E-state index contributed by atoms with van der Waals surface area (Å²) in [6, 6.07) is 0. The van der Waals surface area contributed by atoms with Crippen molar-refractivity contribution >= 4 is 5.97 Å². The van der Waals surface area contributed by atoms with E-state index in [-0.39, 0.29) is 23.4 Å². The Kier molecular flexibility index (Phi) is 7.84. The van der Waals surface area contributed by atoms with Gasteiger partial charge in [-0.3, -0.25) is 0 Å². The molecular formula is C26H42O4. The van der Waals surface area contributed by atoms with Crippen molar-refractivity contribution in [2.45, 2.75) is 72.3 Å². The second kappa shape index (κ2) is 9.99. The lowest BCUT2D eigenvalue weighted by Gasteiger charge is -2.55. The Balaban J connectivity index is 1.78. The number of hydrogen-bond acceptors (Lipinski definition) is 4. The van der Waals surface area contributed by atoms with E-state index in [0.717, 1.165) is 12.8 Å². The first-order valence-corrected chi connectivity index (χ1v) is 12.1. The molecule has 30 heavy (non-hydrogen) atoms. The topological polar surface area (TPSA) is 55.8 Å². The fraction of sp³-hybridized carbons (Fsp3) is 0.808. The summed E-state index contributed by atoms with van der Waals surface area (Å²) in [5.74, 6) is 2.51. The molecule has 0 heterocycles. The second-order valence-electron chi connectivity index (χ2n) is 10.1. The van der Waals surface area contributed by atoms with E-state index >= 15 is 0 Å². The molecule has 3 aliphatic carbocycles. The van der Waals surface area contributed by atoms with Crippen molar-refractivity contribution in [3.63, 3.8) is 0 Å². The average molecular weight is 419 g/mol. The first-order valence-electron chi connectivity index (χ1n) is 12.1. The summed E-state index contributed by atoms with van der Waals surface area (Å²) in [6.45, 7) is 9.81. The molecule has 0 spiro atoms. The summed E-state index contributed by atoms with van der Waals surface area (Å²) in [4.78, 5) is 11.8. The van der Waals surface area contributed by atoms with Gasteiger partial charge in [0.2, 0.25) is 0 Å². The van der Waals surface area contributed by atoms with E-state index in [2.05, 4.69) is 32.9 Å². The van der Waals surface area contributed by atoms with E-state index < -0.39 is 0 Å². The molecule has 0 amide bonds. The molecule has 4 heteroatoms. The third kappa shape index (κ3) is 4.41. The quantitative estimate of drug-likeness (QED) is 0.352. The van der Waals surface area contributed by atoms with Crippen molar-refractivity contribution in [2.24, 2.45) is 40.9 Å². The molecule has 0 aromatic rings. The van der Waals surface area contributed by atoms with Gasteiger partial charge in [0.1, 0.15) is 0 Å². The number of ether oxygens (including phenoxy) is 2. The summed E-state index contributed by atoms with van der Waals surface area (Å²) in [7, 11) is 1.74. The number of allylic oxidation sites excluding steroid dienone is 1. The van der Waals surface area contributed by atoms with Gasteiger partial charge < -0.3 is 14.6 Å². The van der Waals surface area contributed by atoms with Crippen molar-refractivity contribution in [3.8, 4) is 0 Å². The van der Waals surface area contributed by atoms with Gasteiger partial charge in [-0.05, 0) is 80.5 Å². The smallest absolute Gasteiger partial charge is 0.330 e. The Morgan fingerprint density at radius 1 is 1.30 bits per heavy atom. The van der Waals surface area contributed by atoms with E-state index in [0.29, 0.717) is 42.8 Å². The van der Waals surface area contributed by atoms with E-state index in [1.54, 1.807) is 13.2 Å². The fourth-order valence-electron chi connectivity index (χ4n) is 7.36. The zero-order chi connectivity index (χ0) is 21.9. The Labute approximate surface area is 183 Å². The molecule has 170 valence electrons. The fourth-order valence-corrected chi connectivity index (χ4v) is 7.36. The number of fused-ring (bicyclic) bond motifs is 3. The van der Waals surface area contributed by atoms with Crippen LogP contribution in [0.15, 0.2) is 23.8 Å². The summed E-state index contributed by atoms with van der Waals surface area (Å²) >= 11 is 0. The normalized spacial score (nSPS) is 40.9. The van der Waals surface area contributed by atoms with Crippen molar-refractivity contribution in [3.05, 3.63) is 23.8 Å². The van der Waals surface area contributed by atoms with Crippen LogP contribution in [0.4, 0.5) is 0 Å². The molecule has 0 aromatic heterocycles. The van der Waals surface area contributed by atoms with Gasteiger partial charge in [-0.15, -0.1) is 0 Å². The van der Waals surface area contributed by atoms with Gasteiger partial charge in [0.05, 0.1) is 19.3 Å². The van der Waals surface area contributed by atoms with E-state index in [1.807, 2.05) is 6.92 Å². The molecule has 0 aromatic carbocycles. The van der Waals surface area contributed by atoms with Crippen molar-refractivity contribution < 1.29 is 19.4 Å². The maximum Gasteiger partial charge on any atom is 0.330 e.